The van der Waals surface area contributed by atoms with E-state index in [1.807, 2.05) is 30.3 Å². The molecule has 0 amide bonds. The third kappa shape index (κ3) is 2.73. The minimum absolute atomic E-state index is 0.0515. The molecule has 0 spiro atoms. The van der Waals surface area contributed by atoms with Gasteiger partial charge in [-0.15, -0.1) is 0 Å². The minimum Gasteiger partial charge on any atom is -0.359 e. The standard InChI is InChI=1S/C20H17N3/c1-3-9-15(10-4-1)18-19(16-11-5-2-6-12-16)23-20(22-18)17-13-7-8-14-21-17/h1-14,18-19H,(H,22,23)/t18-,19-/m1/s1. The van der Waals surface area contributed by atoms with Crippen LogP contribution in [0.3, 0.4) is 0 Å². The summed E-state index contributed by atoms with van der Waals surface area (Å²) in [7, 11) is 0. The van der Waals surface area contributed by atoms with Crippen LogP contribution in [-0.4, -0.2) is 10.8 Å². The first-order valence-electron chi connectivity index (χ1n) is 7.77. The van der Waals surface area contributed by atoms with Crippen LogP contribution in [0.2, 0.25) is 0 Å². The average Bonchev–Trinajstić information content (AvgIpc) is 3.09. The van der Waals surface area contributed by atoms with E-state index in [1.54, 1.807) is 6.20 Å². The highest BCUT2D eigenvalue weighted by Crippen LogP contribution is 2.36. The smallest absolute Gasteiger partial charge is 0.148 e. The maximum Gasteiger partial charge on any atom is 0.148 e. The molecular weight excluding hydrogens is 282 g/mol. The topological polar surface area (TPSA) is 37.3 Å². The predicted octanol–water partition coefficient (Wildman–Crippen LogP) is 3.91. The molecule has 1 aliphatic rings. The molecule has 1 aromatic heterocycles. The second-order valence-corrected chi connectivity index (χ2v) is 5.58. The number of hydrogen-bond donors (Lipinski definition) is 1. The summed E-state index contributed by atoms with van der Waals surface area (Å²) < 4.78 is 0. The molecule has 0 saturated carbocycles. The normalized spacial score (nSPS) is 19.9. The molecule has 0 radical (unpaired) electrons. The molecular formula is C20H17N3. The van der Waals surface area contributed by atoms with E-state index >= 15 is 0 Å². The predicted molar refractivity (Wildman–Crippen MR) is 92.3 cm³/mol. The SMILES string of the molecule is c1ccc([C@H]2N=C(c3ccccn3)N[C@@H]2c2ccccc2)cc1. The molecule has 2 atom stereocenters. The molecule has 0 bridgehead atoms. The van der Waals surface area contributed by atoms with Gasteiger partial charge in [-0.3, -0.25) is 9.98 Å². The fraction of sp³-hybridized carbons (Fsp3) is 0.100. The van der Waals surface area contributed by atoms with Gasteiger partial charge in [-0.1, -0.05) is 66.7 Å². The van der Waals surface area contributed by atoms with Crippen molar-refractivity contribution in [2.75, 3.05) is 0 Å². The van der Waals surface area contributed by atoms with E-state index in [1.165, 1.54) is 11.1 Å². The molecule has 23 heavy (non-hydrogen) atoms. The van der Waals surface area contributed by atoms with Gasteiger partial charge in [-0.25, -0.2) is 0 Å². The fourth-order valence-electron chi connectivity index (χ4n) is 2.96. The Morgan fingerprint density at radius 2 is 1.35 bits per heavy atom. The molecule has 0 aliphatic carbocycles. The Labute approximate surface area is 135 Å². The van der Waals surface area contributed by atoms with Crippen molar-refractivity contribution in [2.24, 2.45) is 4.99 Å². The van der Waals surface area contributed by atoms with Gasteiger partial charge in [0.05, 0.1) is 6.04 Å². The summed E-state index contributed by atoms with van der Waals surface area (Å²) in [5.41, 5.74) is 3.32. The number of rotatable bonds is 3. The molecule has 3 heteroatoms. The lowest BCUT2D eigenvalue weighted by Crippen LogP contribution is -2.25. The van der Waals surface area contributed by atoms with Crippen LogP contribution in [-0.2, 0) is 0 Å². The van der Waals surface area contributed by atoms with E-state index in [0.717, 1.165) is 11.5 Å². The summed E-state index contributed by atoms with van der Waals surface area (Å²) >= 11 is 0. The lowest BCUT2D eigenvalue weighted by Gasteiger charge is -2.19. The molecule has 4 rings (SSSR count). The summed E-state index contributed by atoms with van der Waals surface area (Å²) in [5, 5.41) is 3.56. The van der Waals surface area contributed by atoms with Crippen LogP contribution in [0.15, 0.2) is 90.1 Å². The molecule has 2 heterocycles. The number of nitrogens with zero attached hydrogens (tertiary/aromatic N) is 2. The van der Waals surface area contributed by atoms with E-state index < -0.39 is 0 Å². The largest absolute Gasteiger partial charge is 0.359 e. The zero-order chi connectivity index (χ0) is 15.5. The van der Waals surface area contributed by atoms with Crippen molar-refractivity contribution in [3.8, 4) is 0 Å². The Hall–Kier alpha value is -2.94. The number of hydrogen-bond acceptors (Lipinski definition) is 3. The molecule has 112 valence electrons. The van der Waals surface area contributed by atoms with Crippen LogP contribution in [0.4, 0.5) is 0 Å². The van der Waals surface area contributed by atoms with E-state index in [0.29, 0.717) is 0 Å². The Morgan fingerprint density at radius 1 is 0.696 bits per heavy atom. The first-order chi connectivity index (χ1) is 11.4. The lowest BCUT2D eigenvalue weighted by molar-refractivity contribution is 0.572. The summed E-state index contributed by atoms with van der Waals surface area (Å²) in [6, 6.07) is 26.9. The maximum atomic E-state index is 4.93. The molecule has 1 aliphatic heterocycles. The Bertz CT molecular complexity index is 798. The molecule has 0 unspecified atom stereocenters. The zero-order valence-corrected chi connectivity index (χ0v) is 12.6. The van der Waals surface area contributed by atoms with Gasteiger partial charge in [0.1, 0.15) is 17.6 Å². The third-order valence-electron chi connectivity index (χ3n) is 4.08. The second-order valence-electron chi connectivity index (χ2n) is 5.58. The second kappa shape index (κ2) is 6.05. The van der Waals surface area contributed by atoms with Gasteiger partial charge < -0.3 is 5.32 Å². The number of aliphatic imine (C=N–C) groups is 1. The van der Waals surface area contributed by atoms with Crippen molar-refractivity contribution in [3.05, 3.63) is 102 Å². The van der Waals surface area contributed by atoms with Crippen molar-refractivity contribution in [1.82, 2.24) is 10.3 Å². The minimum atomic E-state index is 0.0515. The van der Waals surface area contributed by atoms with Crippen LogP contribution >= 0.6 is 0 Å². The maximum absolute atomic E-state index is 4.93. The van der Waals surface area contributed by atoms with E-state index in [2.05, 4.69) is 58.8 Å². The van der Waals surface area contributed by atoms with Crippen LogP contribution < -0.4 is 5.32 Å². The quantitative estimate of drug-likeness (QED) is 0.796. The Kier molecular flexibility index (Phi) is 3.60. The fourth-order valence-corrected chi connectivity index (χ4v) is 2.96. The zero-order valence-electron chi connectivity index (χ0n) is 12.6. The molecule has 3 nitrogen and oxygen atoms in total. The molecule has 0 saturated heterocycles. The number of aromatic nitrogens is 1. The molecule has 1 N–H and O–H groups in total. The van der Waals surface area contributed by atoms with Crippen molar-refractivity contribution < 1.29 is 0 Å². The monoisotopic (exact) mass is 299 g/mol. The van der Waals surface area contributed by atoms with Crippen LogP contribution in [0.25, 0.3) is 0 Å². The average molecular weight is 299 g/mol. The first-order valence-corrected chi connectivity index (χ1v) is 7.77. The van der Waals surface area contributed by atoms with Crippen LogP contribution in [0, 0.1) is 0 Å². The number of amidine groups is 1. The van der Waals surface area contributed by atoms with Crippen molar-refractivity contribution >= 4 is 5.84 Å². The number of pyridine rings is 1. The van der Waals surface area contributed by atoms with Gasteiger partial charge in [0.2, 0.25) is 0 Å². The van der Waals surface area contributed by atoms with E-state index in [9.17, 15) is 0 Å². The summed E-state index contributed by atoms with van der Waals surface area (Å²) in [4.78, 5) is 9.35. The summed E-state index contributed by atoms with van der Waals surface area (Å²) in [6.07, 6.45) is 1.80. The highest BCUT2D eigenvalue weighted by atomic mass is 15.1. The van der Waals surface area contributed by atoms with Gasteiger partial charge in [0, 0.05) is 6.20 Å². The highest BCUT2D eigenvalue weighted by molar-refractivity contribution is 5.98. The van der Waals surface area contributed by atoms with Gasteiger partial charge in [0.25, 0.3) is 0 Å². The summed E-state index contributed by atoms with van der Waals surface area (Å²) in [6.45, 7) is 0. The van der Waals surface area contributed by atoms with Crippen molar-refractivity contribution in [2.45, 2.75) is 12.1 Å². The molecule has 3 aromatic rings. The van der Waals surface area contributed by atoms with Gasteiger partial charge >= 0.3 is 0 Å². The van der Waals surface area contributed by atoms with E-state index in [-0.39, 0.29) is 12.1 Å². The molecule has 2 aromatic carbocycles. The third-order valence-corrected chi connectivity index (χ3v) is 4.08. The summed E-state index contributed by atoms with van der Waals surface area (Å²) in [5.74, 6) is 0.855. The Morgan fingerprint density at radius 3 is 2.00 bits per heavy atom. The molecule has 0 fully saturated rings. The van der Waals surface area contributed by atoms with Gasteiger partial charge in [-0.2, -0.15) is 0 Å². The van der Waals surface area contributed by atoms with Crippen LogP contribution in [0.5, 0.6) is 0 Å². The van der Waals surface area contributed by atoms with Crippen molar-refractivity contribution in [3.63, 3.8) is 0 Å². The van der Waals surface area contributed by atoms with Crippen molar-refractivity contribution in [1.29, 1.82) is 0 Å². The van der Waals surface area contributed by atoms with Crippen LogP contribution in [0.1, 0.15) is 28.9 Å². The first kappa shape index (κ1) is 13.7. The van der Waals surface area contributed by atoms with E-state index in [4.69, 9.17) is 4.99 Å². The van der Waals surface area contributed by atoms with Gasteiger partial charge in [-0.05, 0) is 23.3 Å². The van der Waals surface area contributed by atoms with Gasteiger partial charge in [0.15, 0.2) is 0 Å². The Balaban J connectivity index is 1.75. The number of benzene rings is 2. The highest BCUT2D eigenvalue weighted by Gasteiger charge is 2.31. The number of nitrogens with one attached hydrogen (secondary N) is 1. The lowest BCUT2D eigenvalue weighted by atomic mass is 9.95.